The van der Waals surface area contributed by atoms with Crippen molar-refractivity contribution in [3.8, 4) is 0 Å². The predicted molar refractivity (Wildman–Crippen MR) is 56.7 cm³/mol. The van der Waals surface area contributed by atoms with Gasteiger partial charge in [-0.15, -0.1) is 0 Å². The number of carboxylic acid groups (broad SMARTS) is 2. The second-order valence-corrected chi connectivity index (χ2v) is 4.34. The van der Waals surface area contributed by atoms with E-state index in [1.807, 2.05) is 13.8 Å². The van der Waals surface area contributed by atoms with Crippen LogP contribution in [0.5, 0.6) is 0 Å². The van der Waals surface area contributed by atoms with Gasteiger partial charge in [0.15, 0.2) is 0 Å². The minimum Gasteiger partial charge on any atom is -0.481 e. The molecule has 0 heterocycles. The van der Waals surface area contributed by atoms with Crippen molar-refractivity contribution < 1.29 is 36.9 Å². The van der Waals surface area contributed by atoms with Crippen molar-refractivity contribution in [2.75, 3.05) is 0 Å². The summed E-state index contributed by atoms with van der Waals surface area (Å²) in [6.45, 7) is 3.83. The van der Waals surface area contributed by atoms with Crippen LogP contribution in [0.1, 0.15) is 46.0 Å². The molecule has 0 aromatic rings. The van der Waals surface area contributed by atoms with E-state index in [0.717, 1.165) is 19.3 Å². The van der Waals surface area contributed by atoms with Crippen molar-refractivity contribution in [2.24, 2.45) is 11.8 Å². The van der Waals surface area contributed by atoms with Gasteiger partial charge in [-0.25, -0.2) is 0 Å². The Hall–Kier alpha value is -0.541. The van der Waals surface area contributed by atoms with Gasteiger partial charge in [-0.05, 0) is 11.8 Å². The molecule has 0 bridgehead atoms. The Bertz CT molecular complexity index is 196. The van der Waals surface area contributed by atoms with E-state index in [4.69, 9.17) is 10.2 Å². The number of hydrogen-bond acceptors (Lipinski definition) is 2. The van der Waals surface area contributed by atoms with Crippen molar-refractivity contribution in [3.05, 3.63) is 0 Å². The van der Waals surface area contributed by atoms with Gasteiger partial charge in [0, 0.05) is 29.9 Å². The van der Waals surface area contributed by atoms with E-state index in [1.165, 1.54) is 0 Å². The Kier molecular flexibility index (Phi) is 10.8. The van der Waals surface area contributed by atoms with Gasteiger partial charge in [-0.2, -0.15) is 0 Å². The van der Waals surface area contributed by atoms with E-state index in [2.05, 4.69) is 0 Å². The van der Waals surface area contributed by atoms with E-state index >= 15 is 0 Å². The van der Waals surface area contributed by atoms with Crippen LogP contribution in [-0.4, -0.2) is 22.2 Å². The van der Waals surface area contributed by atoms with Crippen LogP contribution >= 0.6 is 0 Å². The summed E-state index contributed by atoms with van der Waals surface area (Å²) in [7, 11) is 0. The molecule has 0 aromatic carbocycles. The van der Waals surface area contributed by atoms with Gasteiger partial charge in [-0.1, -0.05) is 33.1 Å². The van der Waals surface area contributed by atoms with Gasteiger partial charge in [0.2, 0.25) is 0 Å². The summed E-state index contributed by atoms with van der Waals surface area (Å²) in [5.74, 6) is -1.17. The fourth-order valence-electron chi connectivity index (χ4n) is 1.62. The zero-order chi connectivity index (χ0) is 11.8. The minimum atomic E-state index is -0.763. The third-order valence-electron chi connectivity index (χ3n) is 2.44. The summed E-state index contributed by atoms with van der Waals surface area (Å²) >= 11 is 0. The first kappa shape index (κ1) is 17.8. The van der Waals surface area contributed by atoms with E-state index < -0.39 is 11.9 Å². The summed E-state index contributed by atoms with van der Waals surface area (Å²) in [6, 6.07) is 0. The summed E-state index contributed by atoms with van der Waals surface area (Å²) < 4.78 is 0. The van der Waals surface area contributed by atoms with Crippen molar-refractivity contribution in [1.82, 2.24) is 0 Å². The fourth-order valence-corrected chi connectivity index (χ4v) is 1.62. The molecule has 0 fully saturated rings. The van der Waals surface area contributed by atoms with Crippen molar-refractivity contribution in [1.29, 1.82) is 0 Å². The van der Waals surface area contributed by atoms with Gasteiger partial charge in [0.1, 0.15) is 0 Å². The third kappa shape index (κ3) is 11.5. The van der Waals surface area contributed by atoms with E-state index in [-0.39, 0.29) is 41.7 Å². The second kappa shape index (κ2) is 9.67. The fraction of sp³-hybridized carbons (Fsp3) is 0.818. The molecule has 95 valence electrons. The topological polar surface area (TPSA) is 74.6 Å². The Morgan fingerprint density at radius 1 is 0.938 bits per heavy atom. The van der Waals surface area contributed by atoms with Gasteiger partial charge < -0.3 is 10.2 Å². The molecular weight excluding hydrogens is 251 g/mol. The van der Waals surface area contributed by atoms with Crippen molar-refractivity contribution in [3.63, 3.8) is 0 Å². The SMILES string of the molecule is CC(CCCC(C)CC(=O)O)CC(=O)O.[Mn]. The molecule has 0 aromatic heterocycles. The summed E-state index contributed by atoms with van der Waals surface area (Å²) in [6.07, 6.45) is 3.02. The van der Waals surface area contributed by atoms with Crippen LogP contribution in [0.2, 0.25) is 0 Å². The van der Waals surface area contributed by atoms with Crippen molar-refractivity contribution >= 4 is 11.9 Å². The molecule has 0 rings (SSSR count). The first-order valence-electron chi connectivity index (χ1n) is 5.35. The largest absolute Gasteiger partial charge is 0.481 e. The second-order valence-electron chi connectivity index (χ2n) is 4.34. The number of rotatable bonds is 8. The quantitative estimate of drug-likeness (QED) is 0.665. The Labute approximate surface area is 107 Å². The predicted octanol–water partition coefficient (Wildman–Crippen LogP) is 2.38. The number of carboxylic acids is 2. The zero-order valence-corrected chi connectivity index (χ0v) is 11.0. The maximum atomic E-state index is 10.4. The van der Waals surface area contributed by atoms with Gasteiger partial charge in [0.25, 0.3) is 0 Å². The maximum Gasteiger partial charge on any atom is 0.303 e. The molecule has 2 atom stereocenters. The normalized spacial score (nSPS) is 13.6. The third-order valence-corrected chi connectivity index (χ3v) is 2.44. The molecule has 0 amide bonds. The van der Waals surface area contributed by atoms with Crippen LogP contribution in [0.25, 0.3) is 0 Å². The van der Waals surface area contributed by atoms with Gasteiger partial charge in [-0.3, -0.25) is 9.59 Å². The monoisotopic (exact) mass is 271 g/mol. The zero-order valence-electron chi connectivity index (χ0n) is 9.78. The van der Waals surface area contributed by atoms with Gasteiger partial charge >= 0.3 is 11.9 Å². The van der Waals surface area contributed by atoms with E-state index in [0.29, 0.717) is 0 Å². The Balaban J connectivity index is 0. The molecule has 2 unspecified atom stereocenters. The molecule has 4 nitrogen and oxygen atoms in total. The molecule has 0 spiro atoms. The smallest absolute Gasteiger partial charge is 0.303 e. The minimum absolute atomic E-state index is 0. The van der Waals surface area contributed by atoms with Gasteiger partial charge in [0.05, 0.1) is 0 Å². The number of aliphatic carboxylic acids is 2. The molecule has 16 heavy (non-hydrogen) atoms. The first-order valence-corrected chi connectivity index (χ1v) is 5.35. The Morgan fingerprint density at radius 3 is 1.50 bits per heavy atom. The molecule has 0 aliphatic carbocycles. The van der Waals surface area contributed by atoms with Crippen LogP contribution in [0, 0.1) is 11.8 Å². The van der Waals surface area contributed by atoms with Crippen molar-refractivity contribution in [2.45, 2.75) is 46.0 Å². The molecule has 0 aliphatic rings. The molecule has 2 N–H and O–H groups in total. The maximum absolute atomic E-state index is 10.4. The molecule has 0 aliphatic heterocycles. The average molecular weight is 271 g/mol. The molecule has 0 saturated carbocycles. The van der Waals surface area contributed by atoms with E-state index in [1.54, 1.807) is 0 Å². The van der Waals surface area contributed by atoms with E-state index in [9.17, 15) is 9.59 Å². The number of carbonyl (C=O) groups is 2. The molecule has 0 saturated heterocycles. The first-order chi connectivity index (χ1) is 6.91. The van der Waals surface area contributed by atoms with Crippen LogP contribution in [0.15, 0.2) is 0 Å². The van der Waals surface area contributed by atoms with Crippen LogP contribution < -0.4 is 0 Å². The summed E-state index contributed by atoms with van der Waals surface area (Å²) in [4.78, 5) is 20.7. The summed E-state index contributed by atoms with van der Waals surface area (Å²) in [5, 5.41) is 17.1. The standard InChI is InChI=1S/C11H20O4.Mn/c1-8(6-10(12)13)4-3-5-9(2)7-11(14)15;/h8-9H,3-7H2,1-2H3,(H,12,13)(H,14,15);. The van der Waals surface area contributed by atoms with Crippen LogP contribution in [-0.2, 0) is 26.7 Å². The van der Waals surface area contributed by atoms with Crippen LogP contribution in [0.3, 0.4) is 0 Å². The summed E-state index contributed by atoms with van der Waals surface area (Å²) in [5.41, 5.74) is 0. The molecule has 1 radical (unpaired) electrons. The Morgan fingerprint density at radius 2 is 1.25 bits per heavy atom. The van der Waals surface area contributed by atoms with Crippen LogP contribution in [0.4, 0.5) is 0 Å². The number of hydrogen-bond donors (Lipinski definition) is 2. The average Bonchev–Trinajstić information content (AvgIpc) is 2.00. The molecule has 5 heteroatoms. The molecular formula is C11H20MnO4.